The van der Waals surface area contributed by atoms with Gasteiger partial charge in [-0.15, -0.1) is 0 Å². The summed E-state index contributed by atoms with van der Waals surface area (Å²) in [5.41, 5.74) is 0. The molecule has 0 aliphatic heterocycles. The molecule has 1 saturated carbocycles. The Hall–Kier alpha value is -0.130. The Morgan fingerprint density at radius 2 is 2.00 bits per heavy atom. The maximum Gasteiger partial charge on any atom is 0.151 e. The first-order valence-electron chi connectivity index (χ1n) is 5.54. The summed E-state index contributed by atoms with van der Waals surface area (Å²) in [5, 5.41) is 3.24. The van der Waals surface area contributed by atoms with Crippen LogP contribution in [0.1, 0.15) is 26.2 Å². The summed E-state index contributed by atoms with van der Waals surface area (Å²) in [6.07, 6.45) is 3.08. The Labute approximate surface area is 92.3 Å². The van der Waals surface area contributed by atoms with E-state index in [1.54, 1.807) is 7.11 Å². The summed E-state index contributed by atoms with van der Waals surface area (Å²) < 4.78 is 27.9. The van der Waals surface area contributed by atoms with Crippen LogP contribution in [0.2, 0.25) is 0 Å². The Bertz CT molecular complexity index is 270. The van der Waals surface area contributed by atoms with Gasteiger partial charge in [-0.05, 0) is 19.3 Å². The predicted molar refractivity (Wildman–Crippen MR) is 60.8 cm³/mol. The largest absolute Gasteiger partial charge is 0.381 e. The monoisotopic (exact) mass is 235 g/mol. The van der Waals surface area contributed by atoms with Gasteiger partial charge in [0.2, 0.25) is 0 Å². The van der Waals surface area contributed by atoms with E-state index in [9.17, 15) is 8.42 Å². The molecular formula is C10H21NO3S. The van der Waals surface area contributed by atoms with E-state index in [2.05, 4.69) is 5.32 Å². The molecular weight excluding hydrogens is 214 g/mol. The summed E-state index contributed by atoms with van der Waals surface area (Å²) in [7, 11) is -1.11. The fraction of sp³-hybridized carbons (Fsp3) is 1.00. The first-order valence-corrected chi connectivity index (χ1v) is 7.36. The van der Waals surface area contributed by atoms with Gasteiger partial charge in [0.05, 0.1) is 11.9 Å². The molecule has 5 heteroatoms. The standard InChI is InChI=1S/C10H21NO3S/c1-3-5-15(12,13)6-4-11-9-7-10(8-9)14-2/h9-11H,3-8H2,1-2H3. The van der Waals surface area contributed by atoms with Gasteiger partial charge >= 0.3 is 0 Å². The lowest BCUT2D eigenvalue weighted by molar-refractivity contribution is 0.0181. The van der Waals surface area contributed by atoms with Crippen LogP contribution in [0.5, 0.6) is 0 Å². The van der Waals surface area contributed by atoms with Crippen molar-refractivity contribution in [1.29, 1.82) is 0 Å². The Morgan fingerprint density at radius 1 is 1.33 bits per heavy atom. The average Bonchev–Trinajstić information content (AvgIpc) is 2.08. The molecule has 1 aliphatic rings. The van der Waals surface area contributed by atoms with Crippen molar-refractivity contribution in [3.05, 3.63) is 0 Å². The molecule has 0 bridgehead atoms. The number of methoxy groups -OCH3 is 1. The molecule has 0 aromatic rings. The summed E-state index contributed by atoms with van der Waals surface area (Å²) in [6.45, 7) is 2.46. The minimum atomic E-state index is -2.82. The highest BCUT2D eigenvalue weighted by atomic mass is 32.2. The molecule has 15 heavy (non-hydrogen) atoms. The normalized spacial score (nSPS) is 26.3. The molecule has 0 heterocycles. The molecule has 1 rings (SSSR count). The third-order valence-corrected chi connectivity index (χ3v) is 4.65. The van der Waals surface area contributed by atoms with Crippen molar-refractivity contribution in [2.75, 3.05) is 25.2 Å². The van der Waals surface area contributed by atoms with E-state index >= 15 is 0 Å². The second-order valence-corrected chi connectivity index (χ2v) is 6.44. The zero-order chi connectivity index (χ0) is 11.3. The van der Waals surface area contributed by atoms with E-state index in [-0.39, 0.29) is 5.75 Å². The molecule has 1 N–H and O–H groups in total. The number of sulfone groups is 1. The second kappa shape index (κ2) is 5.82. The minimum absolute atomic E-state index is 0.259. The van der Waals surface area contributed by atoms with Crippen molar-refractivity contribution >= 4 is 9.84 Å². The molecule has 0 amide bonds. The quantitative estimate of drug-likeness (QED) is 0.701. The number of hydrogen-bond acceptors (Lipinski definition) is 4. The van der Waals surface area contributed by atoms with Crippen molar-refractivity contribution in [1.82, 2.24) is 5.32 Å². The van der Waals surface area contributed by atoms with Crippen molar-refractivity contribution in [2.24, 2.45) is 0 Å². The van der Waals surface area contributed by atoms with Crippen LogP contribution in [0.25, 0.3) is 0 Å². The Balaban J connectivity index is 2.07. The highest BCUT2D eigenvalue weighted by molar-refractivity contribution is 7.91. The fourth-order valence-electron chi connectivity index (χ4n) is 1.76. The molecule has 0 radical (unpaired) electrons. The van der Waals surface area contributed by atoms with Crippen LogP contribution in [-0.4, -0.2) is 45.7 Å². The smallest absolute Gasteiger partial charge is 0.151 e. The molecule has 90 valence electrons. The molecule has 1 fully saturated rings. The van der Waals surface area contributed by atoms with Crippen LogP contribution in [0.3, 0.4) is 0 Å². The summed E-state index contributed by atoms with van der Waals surface area (Å²) >= 11 is 0. The predicted octanol–water partition coefficient (Wildman–Crippen LogP) is 0.578. The van der Waals surface area contributed by atoms with Crippen LogP contribution in [0.4, 0.5) is 0 Å². The van der Waals surface area contributed by atoms with Gasteiger partial charge in [0.1, 0.15) is 0 Å². The van der Waals surface area contributed by atoms with Crippen LogP contribution in [-0.2, 0) is 14.6 Å². The van der Waals surface area contributed by atoms with E-state index in [0.717, 1.165) is 12.8 Å². The van der Waals surface area contributed by atoms with E-state index in [4.69, 9.17) is 4.74 Å². The van der Waals surface area contributed by atoms with Gasteiger partial charge in [-0.3, -0.25) is 0 Å². The van der Waals surface area contributed by atoms with Gasteiger partial charge in [-0.25, -0.2) is 8.42 Å². The Kier molecular flexibility index (Phi) is 5.02. The summed E-state index contributed by atoms with van der Waals surface area (Å²) in [4.78, 5) is 0. The van der Waals surface area contributed by atoms with Crippen molar-refractivity contribution in [3.63, 3.8) is 0 Å². The van der Waals surface area contributed by atoms with Crippen LogP contribution >= 0.6 is 0 Å². The molecule has 0 spiro atoms. The highest BCUT2D eigenvalue weighted by Gasteiger charge is 2.28. The maximum atomic E-state index is 11.4. The first kappa shape index (κ1) is 12.9. The lowest BCUT2D eigenvalue weighted by Crippen LogP contribution is -2.46. The molecule has 0 aromatic heterocycles. The SMILES string of the molecule is CCCS(=O)(=O)CCNC1CC(OC)C1. The molecule has 1 aliphatic carbocycles. The zero-order valence-electron chi connectivity index (χ0n) is 9.53. The van der Waals surface area contributed by atoms with Crippen molar-refractivity contribution < 1.29 is 13.2 Å². The molecule has 4 nitrogen and oxygen atoms in total. The molecule has 0 atom stereocenters. The van der Waals surface area contributed by atoms with Crippen molar-refractivity contribution in [2.45, 2.75) is 38.3 Å². The van der Waals surface area contributed by atoms with E-state index in [1.165, 1.54) is 0 Å². The van der Waals surface area contributed by atoms with Crippen LogP contribution in [0.15, 0.2) is 0 Å². The van der Waals surface area contributed by atoms with Crippen molar-refractivity contribution in [3.8, 4) is 0 Å². The van der Waals surface area contributed by atoms with E-state index in [1.807, 2.05) is 6.92 Å². The number of ether oxygens (including phenoxy) is 1. The fourth-order valence-corrected chi connectivity index (χ4v) is 3.01. The van der Waals surface area contributed by atoms with Gasteiger partial charge in [0.25, 0.3) is 0 Å². The maximum absolute atomic E-state index is 11.4. The number of hydrogen-bond donors (Lipinski definition) is 1. The third kappa shape index (κ3) is 4.49. The molecule has 0 saturated heterocycles. The molecule has 0 aromatic carbocycles. The lowest BCUT2D eigenvalue weighted by atomic mass is 9.89. The highest BCUT2D eigenvalue weighted by Crippen LogP contribution is 2.22. The first-order chi connectivity index (χ1) is 7.07. The summed E-state index contributed by atoms with van der Waals surface area (Å²) in [5.74, 6) is 0.565. The van der Waals surface area contributed by atoms with E-state index in [0.29, 0.717) is 30.9 Å². The second-order valence-electron chi connectivity index (χ2n) is 4.13. The van der Waals surface area contributed by atoms with Crippen LogP contribution < -0.4 is 5.32 Å². The van der Waals surface area contributed by atoms with E-state index < -0.39 is 9.84 Å². The topological polar surface area (TPSA) is 55.4 Å². The third-order valence-electron chi connectivity index (χ3n) is 2.79. The molecule has 0 unspecified atom stereocenters. The lowest BCUT2D eigenvalue weighted by Gasteiger charge is -2.34. The number of rotatable bonds is 7. The summed E-state index contributed by atoms with van der Waals surface area (Å²) in [6, 6.07) is 0.451. The zero-order valence-corrected chi connectivity index (χ0v) is 10.3. The van der Waals surface area contributed by atoms with Crippen LogP contribution in [0, 0.1) is 0 Å². The van der Waals surface area contributed by atoms with Gasteiger partial charge in [0.15, 0.2) is 9.84 Å². The van der Waals surface area contributed by atoms with Gasteiger partial charge in [0, 0.05) is 25.4 Å². The van der Waals surface area contributed by atoms with Gasteiger partial charge in [-0.2, -0.15) is 0 Å². The van der Waals surface area contributed by atoms with Gasteiger partial charge in [-0.1, -0.05) is 6.92 Å². The number of nitrogens with one attached hydrogen (secondary N) is 1. The Morgan fingerprint density at radius 3 is 2.53 bits per heavy atom. The van der Waals surface area contributed by atoms with Gasteiger partial charge < -0.3 is 10.1 Å². The minimum Gasteiger partial charge on any atom is -0.381 e. The average molecular weight is 235 g/mol.